The Hall–Kier alpha value is -1.39. The molecule has 3 nitrogen and oxygen atoms in total. The van der Waals surface area contributed by atoms with E-state index in [2.05, 4.69) is 25.9 Å². The molecule has 0 saturated carbocycles. The number of Topliss-reactive ketones (excluding diaryl/α,β-unsaturated/α-hetero) is 1. The van der Waals surface area contributed by atoms with Gasteiger partial charge in [-0.2, -0.15) is 0 Å². The number of halogens is 2. The summed E-state index contributed by atoms with van der Waals surface area (Å²) >= 11 is 9.89. The maximum atomic E-state index is 11.8. The van der Waals surface area contributed by atoms with Crippen LogP contribution in [-0.2, 0) is 6.42 Å². The van der Waals surface area contributed by atoms with Gasteiger partial charge < -0.3 is 4.98 Å². The molecule has 3 aromatic rings. The van der Waals surface area contributed by atoms with Crippen LogP contribution in [0.5, 0.6) is 0 Å². The molecular formula is C14H8BrClN2O. The number of benzene rings is 1. The Kier molecular flexibility index (Phi) is 2.29. The van der Waals surface area contributed by atoms with E-state index in [1.165, 1.54) is 0 Å². The number of nitrogens with one attached hydrogen (secondary N) is 1. The molecule has 1 aliphatic rings. The molecule has 5 heteroatoms. The van der Waals surface area contributed by atoms with Crippen LogP contribution < -0.4 is 0 Å². The molecule has 0 bridgehead atoms. The van der Waals surface area contributed by atoms with Gasteiger partial charge in [0.15, 0.2) is 5.78 Å². The molecule has 0 unspecified atom stereocenters. The molecule has 94 valence electrons. The first-order chi connectivity index (χ1) is 9.15. The van der Waals surface area contributed by atoms with Gasteiger partial charge in [-0.15, -0.1) is 0 Å². The highest BCUT2D eigenvalue weighted by Gasteiger charge is 2.25. The fourth-order valence-electron chi connectivity index (χ4n) is 2.77. The summed E-state index contributed by atoms with van der Waals surface area (Å²) in [5, 5.41) is 1.58. The molecule has 19 heavy (non-hydrogen) atoms. The summed E-state index contributed by atoms with van der Waals surface area (Å²) in [6, 6.07) is 3.87. The maximum Gasteiger partial charge on any atom is 0.163 e. The Morgan fingerprint density at radius 3 is 2.95 bits per heavy atom. The first kappa shape index (κ1) is 11.4. The SMILES string of the molecule is O=C1CCc2c1cc1[nH]c3cc(Br)cnc3c1c2Cl. The fourth-order valence-corrected chi connectivity index (χ4v) is 3.49. The van der Waals surface area contributed by atoms with Crippen molar-refractivity contribution in [3.63, 3.8) is 0 Å². The molecule has 0 spiro atoms. The average Bonchev–Trinajstić information content (AvgIpc) is 2.91. The lowest BCUT2D eigenvalue weighted by Gasteiger charge is -2.02. The topological polar surface area (TPSA) is 45.8 Å². The van der Waals surface area contributed by atoms with Crippen molar-refractivity contribution in [1.82, 2.24) is 9.97 Å². The van der Waals surface area contributed by atoms with Gasteiger partial charge in [0, 0.05) is 28.0 Å². The fraction of sp³-hybridized carbons (Fsp3) is 0.143. The molecule has 0 amide bonds. The lowest BCUT2D eigenvalue weighted by atomic mass is 10.1. The van der Waals surface area contributed by atoms with Gasteiger partial charge in [0.25, 0.3) is 0 Å². The van der Waals surface area contributed by atoms with Crippen LogP contribution in [0.2, 0.25) is 5.02 Å². The van der Waals surface area contributed by atoms with Crippen LogP contribution in [0.15, 0.2) is 22.8 Å². The van der Waals surface area contributed by atoms with E-state index in [1.54, 1.807) is 6.20 Å². The number of carbonyl (C=O) groups is 1. The highest BCUT2D eigenvalue weighted by molar-refractivity contribution is 9.10. The third-order valence-corrected chi connectivity index (χ3v) is 4.48. The second-order valence-electron chi connectivity index (χ2n) is 4.74. The van der Waals surface area contributed by atoms with E-state index < -0.39 is 0 Å². The van der Waals surface area contributed by atoms with Gasteiger partial charge in [0.1, 0.15) is 0 Å². The summed E-state index contributed by atoms with van der Waals surface area (Å²) in [5.41, 5.74) is 4.36. The minimum Gasteiger partial charge on any atom is -0.353 e. The Labute approximate surface area is 122 Å². The first-order valence-electron chi connectivity index (χ1n) is 5.96. The van der Waals surface area contributed by atoms with Crippen molar-refractivity contribution in [1.29, 1.82) is 0 Å². The van der Waals surface area contributed by atoms with E-state index in [1.807, 2.05) is 12.1 Å². The zero-order valence-electron chi connectivity index (χ0n) is 9.76. The number of carbonyl (C=O) groups excluding carboxylic acids is 1. The minimum atomic E-state index is 0.173. The van der Waals surface area contributed by atoms with Crippen LogP contribution in [0.3, 0.4) is 0 Å². The van der Waals surface area contributed by atoms with Crippen molar-refractivity contribution >= 4 is 55.3 Å². The molecule has 2 heterocycles. The number of pyridine rings is 1. The second kappa shape index (κ2) is 3.81. The normalized spacial score (nSPS) is 14.5. The quantitative estimate of drug-likeness (QED) is 0.667. The summed E-state index contributed by atoms with van der Waals surface area (Å²) < 4.78 is 0.909. The molecule has 1 aliphatic carbocycles. The third kappa shape index (κ3) is 1.50. The zero-order valence-corrected chi connectivity index (χ0v) is 12.1. The highest BCUT2D eigenvalue weighted by atomic mass is 79.9. The monoisotopic (exact) mass is 334 g/mol. The summed E-state index contributed by atoms with van der Waals surface area (Å²) in [4.78, 5) is 19.5. The summed E-state index contributed by atoms with van der Waals surface area (Å²) in [6.07, 6.45) is 3.04. The van der Waals surface area contributed by atoms with Crippen LogP contribution in [0.1, 0.15) is 22.3 Å². The van der Waals surface area contributed by atoms with Gasteiger partial charge >= 0.3 is 0 Å². The lowest BCUT2D eigenvalue weighted by Crippen LogP contribution is -1.91. The molecule has 0 atom stereocenters. The number of fused-ring (bicyclic) bond motifs is 4. The predicted octanol–water partition coefficient (Wildman–Crippen LogP) is 4.26. The van der Waals surface area contributed by atoms with Crippen LogP contribution in [0.25, 0.3) is 21.9 Å². The molecular weight excluding hydrogens is 328 g/mol. The Morgan fingerprint density at radius 2 is 2.11 bits per heavy atom. The highest BCUT2D eigenvalue weighted by Crippen LogP contribution is 2.38. The van der Waals surface area contributed by atoms with Crippen molar-refractivity contribution in [2.75, 3.05) is 0 Å². The summed E-state index contributed by atoms with van der Waals surface area (Å²) in [5.74, 6) is 0.173. The van der Waals surface area contributed by atoms with Crippen molar-refractivity contribution in [3.8, 4) is 0 Å². The van der Waals surface area contributed by atoms with E-state index in [0.717, 1.165) is 44.0 Å². The van der Waals surface area contributed by atoms with E-state index in [0.29, 0.717) is 11.4 Å². The largest absolute Gasteiger partial charge is 0.353 e. The van der Waals surface area contributed by atoms with Gasteiger partial charge in [-0.25, -0.2) is 0 Å². The molecule has 0 aliphatic heterocycles. The van der Waals surface area contributed by atoms with Crippen molar-refractivity contribution in [2.45, 2.75) is 12.8 Å². The van der Waals surface area contributed by atoms with Crippen LogP contribution >= 0.6 is 27.5 Å². The van der Waals surface area contributed by atoms with E-state index >= 15 is 0 Å². The molecule has 1 N–H and O–H groups in total. The predicted molar refractivity (Wildman–Crippen MR) is 79.0 cm³/mol. The number of ketones is 1. The molecule has 0 radical (unpaired) electrons. The zero-order chi connectivity index (χ0) is 13.1. The average molecular weight is 336 g/mol. The van der Waals surface area contributed by atoms with Gasteiger partial charge in [-0.3, -0.25) is 9.78 Å². The Balaban J connectivity index is 2.20. The molecule has 4 rings (SSSR count). The van der Waals surface area contributed by atoms with Crippen LogP contribution in [0.4, 0.5) is 0 Å². The number of hydrogen-bond donors (Lipinski definition) is 1. The first-order valence-corrected chi connectivity index (χ1v) is 7.14. The number of nitrogens with zero attached hydrogens (tertiary/aromatic N) is 1. The second-order valence-corrected chi connectivity index (χ2v) is 6.03. The van der Waals surface area contributed by atoms with Gasteiger partial charge in [-0.1, -0.05) is 11.6 Å². The van der Waals surface area contributed by atoms with Crippen molar-refractivity contribution in [2.24, 2.45) is 0 Å². The minimum absolute atomic E-state index is 0.173. The lowest BCUT2D eigenvalue weighted by molar-refractivity contribution is 0.0994. The van der Waals surface area contributed by atoms with E-state index in [4.69, 9.17) is 11.6 Å². The van der Waals surface area contributed by atoms with Crippen molar-refractivity contribution in [3.05, 3.63) is 39.0 Å². The molecule has 2 aromatic heterocycles. The van der Waals surface area contributed by atoms with Gasteiger partial charge in [-0.05, 0) is 40.0 Å². The molecule has 1 aromatic carbocycles. The van der Waals surface area contributed by atoms with Crippen molar-refractivity contribution < 1.29 is 4.79 Å². The molecule has 0 fully saturated rings. The maximum absolute atomic E-state index is 11.8. The number of aromatic amines is 1. The smallest absolute Gasteiger partial charge is 0.163 e. The number of rotatable bonds is 0. The Bertz CT molecular complexity index is 869. The number of H-pyrrole nitrogens is 1. The summed E-state index contributed by atoms with van der Waals surface area (Å²) in [6.45, 7) is 0. The standard InChI is InChI=1S/C14H8BrClN2O/c15-6-3-10-14(17-5-6)12-9(18-10)4-8-7(13(12)16)1-2-11(8)19/h3-5,18H,1-2H2. The van der Waals surface area contributed by atoms with E-state index in [-0.39, 0.29) is 5.78 Å². The molecule has 0 saturated heterocycles. The van der Waals surface area contributed by atoms with Crippen LogP contribution in [0, 0.1) is 0 Å². The number of aromatic nitrogens is 2. The Morgan fingerprint density at radius 1 is 1.26 bits per heavy atom. The third-order valence-electron chi connectivity index (χ3n) is 3.63. The van der Waals surface area contributed by atoms with Gasteiger partial charge in [0.2, 0.25) is 0 Å². The summed E-state index contributed by atoms with van der Waals surface area (Å²) in [7, 11) is 0. The van der Waals surface area contributed by atoms with E-state index in [9.17, 15) is 4.79 Å². The van der Waals surface area contributed by atoms with Gasteiger partial charge in [0.05, 0.1) is 21.6 Å². The number of hydrogen-bond acceptors (Lipinski definition) is 2. The van der Waals surface area contributed by atoms with Crippen LogP contribution in [-0.4, -0.2) is 15.8 Å².